The molecule has 1 aliphatic heterocycles. The van der Waals surface area contributed by atoms with E-state index in [9.17, 15) is 15.0 Å². The molecule has 1 fully saturated rings. The molecule has 0 spiro atoms. The van der Waals surface area contributed by atoms with Gasteiger partial charge in [0.25, 0.3) is 0 Å². The van der Waals surface area contributed by atoms with Crippen LogP contribution >= 0.6 is 0 Å². The summed E-state index contributed by atoms with van der Waals surface area (Å²) in [6, 6.07) is 6.19. The molecule has 1 saturated heterocycles. The lowest BCUT2D eigenvalue weighted by Crippen LogP contribution is -2.62. The van der Waals surface area contributed by atoms with Crippen molar-refractivity contribution in [2.75, 3.05) is 32.2 Å². The minimum absolute atomic E-state index is 0.163. The number of hydrogen-bond acceptors (Lipinski definition) is 10. The molecule has 12 heteroatoms. The lowest BCUT2D eigenvalue weighted by atomic mass is 9.89. The highest BCUT2D eigenvalue weighted by Gasteiger charge is 2.55. The molecule has 12 nitrogen and oxygen atoms in total. The summed E-state index contributed by atoms with van der Waals surface area (Å²) in [4.78, 5) is 27.8. The number of amides is 1. The number of aliphatic hydroxyl groups excluding tert-OH is 2. The highest BCUT2D eigenvalue weighted by atomic mass is 16.5. The average molecular weight is 510 g/mol. The van der Waals surface area contributed by atoms with E-state index >= 15 is 0 Å². The van der Waals surface area contributed by atoms with Gasteiger partial charge >= 0.3 is 0 Å². The number of aliphatic hydroxyl groups is 2. The first-order valence-corrected chi connectivity index (χ1v) is 11.7. The first-order chi connectivity index (χ1) is 17.7. The molecular formula is C25H31N7O5. The largest absolute Gasteiger partial charge is 0.481 e. The Labute approximate surface area is 214 Å². The topological polar surface area (TPSA) is 161 Å². The second-order valence-electron chi connectivity index (χ2n) is 9.28. The number of imidazole rings is 1. The van der Waals surface area contributed by atoms with E-state index in [1.54, 1.807) is 40.7 Å². The van der Waals surface area contributed by atoms with Crippen LogP contribution in [0.1, 0.15) is 18.7 Å². The lowest BCUT2D eigenvalue weighted by Gasteiger charge is -2.33. The van der Waals surface area contributed by atoms with Gasteiger partial charge in [-0.2, -0.15) is 0 Å². The summed E-state index contributed by atoms with van der Waals surface area (Å²) in [6.45, 7) is 1.33. The maximum absolute atomic E-state index is 13.1. The van der Waals surface area contributed by atoms with Crippen LogP contribution in [-0.2, 0) is 16.0 Å². The number of fused-ring (bicyclic) bond motifs is 1. The summed E-state index contributed by atoms with van der Waals surface area (Å²) >= 11 is 0. The Balaban J connectivity index is 1.50. The lowest BCUT2D eigenvalue weighted by molar-refractivity contribution is -0.126. The van der Waals surface area contributed by atoms with E-state index in [1.807, 2.05) is 14.1 Å². The number of nitrogens with one attached hydrogen (secondary N) is 1. The fourth-order valence-electron chi connectivity index (χ4n) is 4.38. The number of terminal acetylenes is 1. The molecule has 196 valence electrons. The number of aromatic nitrogens is 4. The van der Waals surface area contributed by atoms with Crippen LogP contribution in [0, 0.1) is 12.3 Å². The van der Waals surface area contributed by atoms with Gasteiger partial charge in [-0.25, -0.2) is 15.0 Å². The Morgan fingerprint density at radius 3 is 2.73 bits per heavy atom. The van der Waals surface area contributed by atoms with Gasteiger partial charge in [0.1, 0.15) is 30.9 Å². The van der Waals surface area contributed by atoms with Crippen LogP contribution in [0.2, 0.25) is 0 Å². The Morgan fingerprint density at radius 2 is 2.08 bits per heavy atom. The van der Waals surface area contributed by atoms with Crippen LogP contribution in [0.4, 0.5) is 5.82 Å². The molecule has 37 heavy (non-hydrogen) atoms. The van der Waals surface area contributed by atoms with E-state index < -0.39 is 42.5 Å². The van der Waals surface area contributed by atoms with Gasteiger partial charge in [0.15, 0.2) is 23.2 Å². The Kier molecular flexibility index (Phi) is 7.60. The molecule has 0 radical (unpaired) electrons. The van der Waals surface area contributed by atoms with Gasteiger partial charge in [-0.05, 0) is 31.0 Å². The molecule has 2 aromatic heterocycles. The van der Waals surface area contributed by atoms with Crippen molar-refractivity contribution in [3.63, 3.8) is 0 Å². The molecule has 3 aromatic rings. The number of carbonyl (C=O) groups excluding carboxylic acids is 1. The van der Waals surface area contributed by atoms with Crippen LogP contribution in [0.15, 0.2) is 36.9 Å². The fraction of sp³-hybridized carbons (Fsp3) is 0.440. The molecule has 5 N–H and O–H groups in total. The number of ether oxygens (including phenoxy) is 2. The zero-order chi connectivity index (χ0) is 26.7. The molecule has 3 heterocycles. The second kappa shape index (κ2) is 10.7. The van der Waals surface area contributed by atoms with Gasteiger partial charge in [-0.15, -0.1) is 6.42 Å². The van der Waals surface area contributed by atoms with Crippen molar-refractivity contribution in [3.8, 4) is 18.1 Å². The van der Waals surface area contributed by atoms with Crippen LogP contribution in [0.3, 0.4) is 0 Å². The molecular weight excluding hydrogens is 478 g/mol. The van der Waals surface area contributed by atoms with Crippen LogP contribution in [0.25, 0.3) is 11.2 Å². The monoisotopic (exact) mass is 509 g/mol. The van der Waals surface area contributed by atoms with Crippen molar-refractivity contribution in [1.82, 2.24) is 24.8 Å². The Hall–Kier alpha value is -3.76. The maximum atomic E-state index is 13.1. The highest BCUT2D eigenvalue weighted by molar-refractivity contribution is 5.84. The number of anilines is 1. The third kappa shape index (κ3) is 5.07. The molecule has 1 aliphatic rings. The van der Waals surface area contributed by atoms with Gasteiger partial charge in [-0.1, -0.05) is 18.1 Å². The van der Waals surface area contributed by atoms with Crippen molar-refractivity contribution < 1.29 is 24.5 Å². The average Bonchev–Trinajstić information content (AvgIpc) is 3.41. The maximum Gasteiger partial charge on any atom is 0.237 e. The number of hydrogen-bond donors (Lipinski definition) is 4. The summed E-state index contributed by atoms with van der Waals surface area (Å²) in [7, 11) is 3.67. The Morgan fingerprint density at radius 1 is 1.35 bits per heavy atom. The van der Waals surface area contributed by atoms with Gasteiger partial charge < -0.3 is 35.6 Å². The number of nitrogens with zero attached hydrogens (tertiary/aromatic N) is 5. The molecule has 1 unspecified atom stereocenters. The third-order valence-corrected chi connectivity index (χ3v) is 6.49. The predicted octanol–water partition coefficient (Wildman–Crippen LogP) is -0.400. The summed E-state index contributed by atoms with van der Waals surface area (Å²) in [5.41, 5.74) is 6.65. The van der Waals surface area contributed by atoms with Gasteiger partial charge in [-0.3, -0.25) is 9.36 Å². The number of nitrogens with two attached hydrogens (primary N) is 1. The van der Waals surface area contributed by atoms with E-state index in [0.717, 1.165) is 5.56 Å². The zero-order valence-corrected chi connectivity index (χ0v) is 20.9. The third-order valence-electron chi connectivity index (χ3n) is 6.49. The first-order valence-electron chi connectivity index (χ1n) is 11.7. The summed E-state index contributed by atoms with van der Waals surface area (Å²) in [5.74, 6) is 3.12. The van der Waals surface area contributed by atoms with E-state index in [1.165, 1.54) is 12.7 Å². The molecule has 0 aliphatic carbocycles. The number of carbonyl (C=O) groups is 1. The molecule has 0 bridgehead atoms. The van der Waals surface area contributed by atoms with Crippen molar-refractivity contribution in [2.24, 2.45) is 5.73 Å². The predicted molar refractivity (Wildman–Crippen MR) is 136 cm³/mol. The molecule has 5 atom stereocenters. The minimum Gasteiger partial charge on any atom is -0.481 e. The van der Waals surface area contributed by atoms with Gasteiger partial charge in [0.05, 0.1) is 24.5 Å². The Bertz CT molecular complexity index is 1290. The standard InChI is InChI=1S/C25H31N7O5/c1-5-10-36-16-8-6-15(7-9-16)11-17(26)23(35)30-25(2)18(12-33)37-24(20(25)34)32-14-29-19-21(31(3)4)27-13-28-22(19)32/h1,6-9,13-14,17-18,20,24,33-34H,10-12,26H2,2-4H3,(H,30,35)/t17-,18+,20+,24+,25?/m0/s1. The smallest absolute Gasteiger partial charge is 0.237 e. The van der Waals surface area contributed by atoms with Crippen LogP contribution in [0.5, 0.6) is 5.75 Å². The minimum atomic E-state index is -1.34. The SMILES string of the molecule is C#CCOc1ccc(C[C@H](N)C(=O)NC2(C)[C@H](O)[C@H](n3cnc4c(N(C)C)ncnc43)O[C@@H]2CO)cc1. The van der Waals surface area contributed by atoms with E-state index in [0.29, 0.717) is 22.7 Å². The zero-order valence-electron chi connectivity index (χ0n) is 20.9. The fourth-order valence-corrected chi connectivity index (χ4v) is 4.38. The molecule has 1 aromatic carbocycles. The van der Waals surface area contributed by atoms with Crippen LogP contribution in [-0.4, -0.2) is 86.7 Å². The van der Waals surface area contributed by atoms with E-state index in [-0.39, 0.29) is 13.0 Å². The van der Waals surface area contributed by atoms with Gasteiger partial charge in [0.2, 0.25) is 5.91 Å². The number of rotatable bonds is 9. The summed E-state index contributed by atoms with van der Waals surface area (Å²) < 4.78 is 12.9. The van der Waals surface area contributed by atoms with E-state index in [4.69, 9.17) is 21.6 Å². The van der Waals surface area contributed by atoms with Crippen molar-refractivity contribution in [2.45, 2.75) is 43.4 Å². The number of benzene rings is 1. The van der Waals surface area contributed by atoms with Crippen LogP contribution < -0.4 is 20.7 Å². The van der Waals surface area contributed by atoms with Crippen molar-refractivity contribution in [3.05, 3.63) is 42.5 Å². The molecule has 4 rings (SSSR count). The normalized spacial score (nSPS) is 24.0. The molecule has 1 amide bonds. The van der Waals surface area contributed by atoms with E-state index in [2.05, 4.69) is 26.2 Å². The van der Waals surface area contributed by atoms with Crippen molar-refractivity contribution in [1.29, 1.82) is 0 Å². The van der Waals surface area contributed by atoms with Gasteiger partial charge in [0, 0.05) is 14.1 Å². The highest BCUT2D eigenvalue weighted by Crippen LogP contribution is 2.38. The quantitative estimate of drug-likeness (QED) is 0.279. The second-order valence-corrected chi connectivity index (χ2v) is 9.28. The van der Waals surface area contributed by atoms with Crippen molar-refractivity contribution >= 4 is 22.9 Å². The summed E-state index contributed by atoms with van der Waals surface area (Å²) in [6.07, 6.45) is 5.21. The first kappa shape index (κ1) is 26.3. The molecule has 0 saturated carbocycles. The summed E-state index contributed by atoms with van der Waals surface area (Å²) in [5, 5.41) is 24.2.